The summed E-state index contributed by atoms with van der Waals surface area (Å²) in [7, 11) is 0. The first-order chi connectivity index (χ1) is 8.06. The zero-order valence-electron chi connectivity index (χ0n) is 9.90. The lowest BCUT2D eigenvalue weighted by Gasteiger charge is -2.35. The summed E-state index contributed by atoms with van der Waals surface area (Å²) in [5.41, 5.74) is 0.770. The molecule has 1 aromatic rings. The van der Waals surface area contributed by atoms with Crippen molar-refractivity contribution in [2.24, 2.45) is 0 Å². The van der Waals surface area contributed by atoms with E-state index in [2.05, 4.69) is 6.58 Å². The van der Waals surface area contributed by atoms with Crippen LogP contribution in [0, 0.1) is 0 Å². The maximum Gasteiger partial charge on any atom is 0.314 e. The van der Waals surface area contributed by atoms with E-state index in [0.717, 1.165) is 11.1 Å². The van der Waals surface area contributed by atoms with E-state index in [9.17, 15) is 9.90 Å². The number of carboxylic acids is 1. The van der Waals surface area contributed by atoms with Gasteiger partial charge in [0.1, 0.15) is 11.2 Å². The predicted octanol–water partition coefficient (Wildman–Crippen LogP) is 2.76. The van der Waals surface area contributed by atoms with E-state index in [1.54, 1.807) is 0 Å². The van der Waals surface area contributed by atoms with Crippen LogP contribution in [0.15, 0.2) is 36.4 Å². The Labute approximate surface area is 101 Å². The molecule has 1 N–H and O–H groups in total. The zero-order valence-corrected chi connectivity index (χ0v) is 9.90. The quantitative estimate of drug-likeness (QED) is 0.815. The summed E-state index contributed by atoms with van der Waals surface area (Å²) >= 11 is 0. The molecule has 0 radical (unpaired) electrons. The van der Waals surface area contributed by atoms with Gasteiger partial charge in [-0.15, -0.1) is 6.58 Å². The van der Waals surface area contributed by atoms with Crippen molar-refractivity contribution in [1.29, 1.82) is 0 Å². The normalized spacial score (nSPS) is 22.4. The monoisotopic (exact) mass is 232 g/mol. The minimum atomic E-state index is -0.874. The van der Waals surface area contributed by atoms with Gasteiger partial charge in [0.2, 0.25) is 0 Å². The number of allylic oxidation sites excluding steroid dienone is 1. The Morgan fingerprint density at radius 2 is 2.24 bits per heavy atom. The number of ether oxygens (including phenoxy) is 1. The van der Waals surface area contributed by atoms with Crippen LogP contribution < -0.4 is 4.74 Å². The number of hydrogen-bond donors (Lipinski definition) is 1. The second-order valence-corrected chi connectivity index (χ2v) is 4.62. The molecule has 90 valence electrons. The van der Waals surface area contributed by atoms with Gasteiger partial charge in [-0.3, -0.25) is 4.79 Å². The summed E-state index contributed by atoms with van der Waals surface area (Å²) in [4.78, 5) is 11.7. The van der Waals surface area contributed by atoms with E-state index in [1.807, 2.05) is 31.2 Å². The molecule has 1 aliphatic heterocycles. The average Bonchev–Trinajstić information content (AvgIpc) is 2.28. The Hall–Kier alpha value is -1.77. The molecule has 0 aliphatic carbocycles. The van der Waals surface area contributed by atoms with Crippen LogP contribution in [-0.4, -0.2) is 17.7 Å². The highest BCUT2D eigenvalue weighted by Gasteiger charge is 2.44. The molecule has 1 unspecified atom stereocenters. The number of aliphatic carboxylic acids is 1. The first kappa shape index (κ1) is 11.7. The molecule has 0 saturated heterocycles. The van der Waals surface area contributed by atoms with Crippen molar-refractivity contribution in [3.63, 3.8) is 0 Å². The molecule has 3 heteroatoms. The Bertz CT molecular complexity index is 464. The second kappa shape index (κ2) is 4.24. The van der Waals surface area contributed by atoms with Gasteiger partial charge in [0.15, 0.2) is 0 Å². The molecule has 1 atom stereocenters. The summed E-state index contributed by atoms with van der Waals surface area (Å²) in [5.74, 6) is -0.112. The van der Waals surface area contributed by atoms with Gasteiger partial charge in [-0.05, 0) is 19.4 Å². The van der Waals surface area contributed by atoms with Crippen LogP contribution in [0.3, 0.4) is 0 Å². The smallest absolute Gasteiger partial charge is 0.314 e. The molecule has 0 amide bonds. The van der Waals surface area contributed by atoms with Crippen molar-refractivity contribution < 1.29 is 14.6 Å². The highest BCUT2D eigenvalue weighted by Crippen LogP contribution is 2.42. The zero-order chi connectivity index (χ0) is 12.5. The highest BCUT2D eigenvalue weighted by atomic mass is 16.5. The van der Waals surface area contributed by atoms with Gasteiger partial charge in [0.05, 0.1) is 6.61 Å². The maximum atomic E-state index is 11.7. The van der Waals surface area contributed by atoms with Crippen molar-refractivity contribution in [2.75, 3.05) is 6.61 Å². The van der Waals surface area contributed by atoms with E-state index >= 15 is 0 Å². The van der Waals surface area contributed by atoms with Gasteiger partial charge in [-0.2, -0.15) is 0 Å². The molecule has 2 rings (SSSR count). The molecule has 1 heterocycles. The number of benzene rings is 1. The Kier molecular flexibility index (Phi) is 2.92. The lowest BCUT2D eigenvalue weighted by molar-refractivity contribution is -0.145. The third-order valence-corrected chi connectivity index (χ3v) is 3.20. The number of fused-ring (bicyclic) bond motifs is 1. The van der Waals surface area contributed by atoms with Crippen molar-refractivity contribution in [1.82, 2.24) is 0 Å². The molecule has 0 bridgehead atoms. The van der Waals surface area contributed by atoms with E-state index in [1.165, 1.54) is 0 Å². The van der Waals surface area contributed by atoms with Gasteiger partial charge in [0.25, 0.3) is 0 Å². The first-order valence-electron chi connectivity index (χ1n) is 5.66. The van der Waals surface area contributed by atoms with E-state index in [-0.39, 0.29) is 0 Å². The summed E-state index contributed by atoms with van der Waals surface area (Å²) in [6, 6.07) is 7.37. The van der Waals surface area contributed by atoms with E-state index in [0.29, 0.717) is 25.2 Å². The SMILES string of the molecule is C=C(C)CC1(C(=O)O)CCOc2ccccc21. The van der Waals surface area contributed by atoms with Crippen LogP contribution in [0.4, 0.5) is 0 Å². The molecule has 3 nitrogen and oxygen atoms in total. The fourth-order valence-electron chi connectivity index (χ4n) is 2.45. The molecule has 0 saturated carbocycles. The summed E-state index contributed by atoms with van der Waals surface area (Å²) in [6.45, 7) is 6.15. The molecule has 0 aromatic heterocycles. The Morgan fingerprint density at radius 1 is 1.53 bits per heavy atom. The summed E-state index contributed by atoms with van der Waals surface area (Å²) < 4.78 is 5.52. The van der Waals surface area contributed by atoms with Crippen LogP contribution >= 0.6 is 0 Å². The molecule has 0 spiro atoms. The standard InChI is InChI=1S/C14H16O3/c1-10(2)9-14(13(15)16)7-8-17-12-6-4-3-5-11(12)14/h3-6H,1,7-9H2,2H3,(H,15,16). The number of rotatable bonds is 3. The van der Waals surface area contributed by atoms with Crippen molar-refractivity contribution in [3.05, 3.63) is 42.0 Å². The molecule has 1 aliphatic rings. The van der Waals surface area contributed by atoms with Crippen LogP contribution in [0.1, 0.15) is 25.3 Å². The number of carbonyl (C=O) groups is 1. The van der Waals surface area contributed by atoms with Crippen LogP contribution in [0.5, 0.6) is 5.75 Å². The predicted molar refractivity (Wildman–Crippen MR) is 65.3 cm³/mol. The first-order valence-corrected chi connectivity index (χ1v) is 5.66. The van der Waals surface area contributed by atoms with Gasteiger partial charge >= 0.3 is 5.97 Å². The largest absolute Gasteiger partial charge is 0.493 e. The molecular weight excluding hydrogens is 216 g/mol. The lowest BCUT2D eigenvalue weighted by Crippen LogP contribution is -2.40. The number of para-hydroxylation sites is 1. The second-order valence-electron chi connectivity index (χ2n) is 4.62. The van der Waals surface area contributed by atoms with Crippen molar-refractivity contribution in [3.8, 4) is 5.75 Å². The fraction of sp³-hybridized carbons (Fsp3) is 0.357. The summed E-state index contributed by atoms with van der Waals surface area (Å²) in [5, 5.41) is 9.59. The van der Waals surface area contributed by atoms with Gasteiger partial charge < -0.3 is 9.84 Å². The summed E-state index contributed by atoms with van der Waals surface area (Å²) in [6.07, 6.45) is 0.953. The number of carboxylic acid groups (broad SMARTS) is 1. The van der Waals surface area contributed by atoms with Gasteiger partial charge in [0, 0.05) is 12.0 Å². The van der Waals surface area contributed by atoms with Crippen molar-refractivity contribution in [2.45, 2.75) is 25.2 Å². The van der Waals surface area contributed by atoms with E-state index in [4.69, 9.17) is 4.74 Å². The minimum absolute atomic E-state index is 0.441. The Balaban J connectivity index is 2.55. The molecular formula is C14H16O3. The topological polar surface area (TPSA) is 46.5 Å². The van der Waals surface area contributed by atoms with E-state index < -0.39 is 11.4 Å². The minimum Gasteiger partial charge on any atom is -0.493 e. The highest BCUT2D eigenvalue weighted by molar-refractivity contribution is 5.83. The molecule has 0 fully saturated rings. The molecule has 17 heavy (non-hydrogen) atoms. The fourth-order valence-corrected chi connectivity index (χ4v) is 2.45. The third kappa shape index (κ3) is 1.93. The van der Waals surface area contributed by atoms with Crippen LogP contribution in [0.25, 0.3) is 0 Å². The van der Waals surface area contributed by atoms with Gasteiger partial charge in [-0.25, -0.2) is 0 Å². The maximum absolute atomic E-state index is 11.7. The Morgan fingerprint density at radius 3 is 2.88 bits per heavy atom. The van der Waals surface area contributed by atoms with Gasteiger partial charge in [-0.1, -0.05) is 23.8 Å². The van der Waals surface area contributed by atoms with Crippen LogP contribution in [-0.2, 0) is 10.2 Å². The van der Waals surface area contributed by atoms with Crippen molar-refractivity contribution >= 4 is 5.97 Å². The average molecular weight is 232 g/mol. The van der Waals surface area contributed by atoms with Crippen LogP contribution in [0.2, 0.25) is 0 Å². The lowest BCUT2D eigenvalue weighted by atomic mass is 9.72. The molecule has 1 aromatic carbocycles. The third-order valence-electron chi connectivity index (χ3n) is 3.20. The number of hydrogen-bond acceptors (Lipinski definition) is 2.